The van der Waals surface area contributed by atoms with Crippen LogP contribution in [0.15, 0.2) is 41.9 Å². The molecule has 0 saturated carbocycles. The third-order valence-electron chi connectivity index (χ3n) is 4.65. The summed E-state index contributed by atoms with van der Waals surface area (Å²) in [6.07, 6.45) is 1.81. The number of nitrogens with zero attached hydrogens (tertiary/aromatic N) is 5. The Morgan fingerprint density at radius 2 is 1.79 bits per heavy atom. The molecule has 1 aliphatic heterocycles. The average Bonchev–Trinajstić information content (AvgIpc) is 3.16. The summed E-state index contributed by atoms with van der Waals surface area (Å²) in [5.41, 5.74) is 2.25. The first-order valence-corrected chi connectivity index (χ1v) is 10.1. The number of anilines is 3. The Bertz CT molecular complexity index is 946. The summed E-state index contributed by atoms with van der Waals surface area (Å²) in [5, 5.41) is 13.7. The van der Waals surface area contributed by atoms with E-state index in [1.54, 1.807) is 0 Å². The maximum Gasteiger partial charge on any atom is 0.264 e. The van der Waals surface area contributed by atoms with Gasteiger partial charge in [0.2, 0.25) is 0 Å². The van der Waals surface area contributed by atoms with E-state index in [0.717, 1.165) is 40.7 Å². The van der Waals surface area contributed by atoms with Crippen LogP contribution in [0, 0.1) is 13.8 Å². The first-order chi connectivity index (χ1) is 13.6. The maximum atomic E-state index is 12.6. The minimum absolute atomic E-state index is 0.119. The Labute approximate surface area is 168 Å². The van der Waals surface area contributed by atoms with Crippen LogP contribution >= 0.6 is 11.3 Å². The number of amides is 1. The van der Waals surface area contributed by atoms with Crippen LogP contribution in [-0.4, -0.2) is 52.2 Å². The highest BCUT2D eigenvalue weighted by atomic mass is 32.1. The van der Waals surface area contributed by atoms with E-state index in [-0.39, 0.29) is 5.91 Å². The lowest BCUT2D eigenvalue weighted by molar-refractivity contribution is 0.0751. The average molecular weight is 395 g/mol. The van der Waals surface area contributed by atoms with Crippen LogP contribution in [0.25, 0.3) is 0 Å². The van der Waals surface area contributed by atoms with Gasteiger partial charge in [-0.2, -0.15) is 0 Å². The van der Waals surface area contributed by atoms with Gasteiger partial charge in [-0.15, -0.1) is 21.5 Å². The zero-order valence-electron chi connectivity index (χ0n) is 15.9. The molecule has 0 unspecified atom stereocenters. The Hall–Kier alpha value is -3.00. The van der Waals surface area contributed by atoms with Gasteiger partial charge < -0.3 is 15.1 Å². The quantitative estimate of drug-likeness (QED) is 0.732. The van der Waals surface area contributed by atoms with Crippen molar-refractivity contribution in [2.24, 2.45) is 0 Å². The van der Waals surface area contributed by atoms with Gasteiger partial charge in [0, 0.05) is 32.4 Å². The number of aromatic nitrogens is 3. The van der Waals surface area contributed by atoms with Crippen molar-refractivity contribution in [1.29, 1.82) is 0 Å². The zero-order valence-corrected chi connectivity index (χ0v) is 16.7. The van der Waals surface area contributed by atoms with Crippen LogP contribution < -0.4 is 10.2 Å². The number of piperazine rings is 1. The fourth-order valence-electron chi connectivity index (χ4n) is 3.07. The molecule has 0 radical (unpaired) electrons. The third kappa shape index (κ3) is 4.12. The first kappa shape index (κ1) is 18.4. The van der Waals surface area contributed by atoms with Crippen molar-refractivity contribution >= 4 is 34.7 Å². The summed E-state index contributed by atoms with van der Waals surface area (Å²) in [7, 11) is 0. The molecule has 0 aliphatic carbocycles. The zero-order chi connectivity index (χ0) is 19.5. The lowest BCUT2D eigenvalue weighted by Crippen LogP contribution is -2.49. The van der Waals surface area contributed by atoms with Crippen molar-refractivity contribution in [2.75, 3.05) is 36.4 Å². The van der Waals surface area contributed by atoms with Crippen molar-refractivity contribution in [3.8, 4) is 0 Å². The summed E-state index contributed by atoms with van der Waals surface area (Å²) in [6.45, 7) is 6.88. The van der Waals surface area contributed by atoms with Crippen LogP contribution in [0.3, 0.4) is 0 Å². The Balaban J connectivity index is 1.34. The van der Waals surface area contributed by atoms with Crippen LogP contribution in [0.1, 0.15) is 20.8 Å². The van der Waals surface area contributed by atoms with Gasteiger partial charge in [-0.3, -0.25) is 4.79 Å². The summed E-state index contributed by atoms with van der Waals surface area (Å²) < 4.78 is 0. The van der Waals surface area contributed by atoms with E-state index < -0.39 is 0 Å². The molecule has 1 saturated heterocycles. The van der Waals surface area contributed by atoms with Gasteiger partial charge in [-0.05, 0) is 54.6 Å². The van der Waals surface area contributed by atoms with Gasteiger partial charge in [-0.1, -0.05) is 6.07 Å². The molecular weight excluding hydrogens is 372 g/mol. The van der Waals surface area contributed by atoms with Gasteiger partial charge >= 0.3 is 0 Å². The molecule has 1 fully saturated rings. The molecule has 0 spiro atoms. The fourth-order valence-corrected chi connectivity index (χ4v) is 3.94. The maximum absolute atomic E-state index is 12.6. The second-order valence-electron chi connectivity index (χ2n) is 6.89. The second kappa shape index (κ2) is 7.93. The standard InChI is InChI=1S/C20H22N6OS/c1-14-3-4-17(21-12-14)22-18-5-6-19(24-23-18)25-7-9-26(10-8-25)20(27)16-11-15(2)13-28-16/h3-6,11-13H,7-10H2,1-2H3,(H,21,22,23). The molecule has 3 aromatic rings. The van der Waals surface area contributed by atoms with Crippen molar-refractivity contribution in [1.82, 2.24) is 20.1 Å². The molecule has 8 heteroatoms. The predicted octanol–water partition coefficient (Wildman–Crippen LogP) is 3.26. The Morgan fingerprint density at radius 1 is 1.00 bits per heavy atom. The van der Waals surface area contributed by atoms with Gasteiger partial charge in [0.15, 0.2) is 11.6 Å². The lowest BCUT2D eigenvalue weighted by atomic mass is 10.2. The number of thiophene rings is 1. The van der Waals surface area contributed by atoms with Crippen molar-refractivity contribution in [3.05, 3.63) is 57.9 Å². The molecule has 4 rings (SSSR count). The minimum atomic E-state index is 0.119. The summed E-state index contributed by atoms with van der Waals surface area (Å²) in [6, 6.07) is 9.71. The van der Waals surface area contributed by atoms with E-state index in [1.165, 1.54) is 11.3 Å². The minimum Gasteiger partial charge on any atom is -0.352 e. The SMILES string of the molecule is Cc1ccc(Nc2ccc(N3CCN(C(=O)c4cc(C)cs4)CC3)nn2)nc1. The van der Waals surface area contributed by atoms with Crippen LogP contribution in [0.2, 0.25) is 0 Å². The number of aryl methyl sites for hydroxylation is 2. The molecule has 1 aliphatic rings. The van der Waals surface area contributed by atoms with E-state index in [4.69, 9.17) is 0 Å². The highest BCUT2D eigenvalue weighted by Gasteiger charge is 2.23. The number of hydrogen-bond donors (Lipinski definition) is 1. The van der Waals surface area contributed by atoms with Crippen LogP contribution in [0.5, 0.6) is 0 Å². The van der Waals surface area contributed by atoms with E-state index >= 15 is 0 Å². The number of nitrogens with one attached hydrogen (secondary N) is 1. The monoisotopic (exact) mass is 394 g/mol. The normalized spacial score (nSPS) is 14.2. The number of pyridine rings is 1. The number of carbonyl (C=O) groups excluding carboxylic acids is 1. The predicted molar refractivity (Wildman–Crippen MR) is 111 cm³/mol. The van der Waals surface area contributed by atoms with Crippen LogP contribution in [-0.2, 0) is 0 Å². The molecular formula is C20H22N6OS. The molecule has 1 N–H and O–H groups in total. The Morgan fingerprint density at radius 3 is 2.39 bits per heavy atom. The van der Waals surface area contributed by atoms with Crippen molar-refractivity contribution in [3.63, 3.8) is 0 Å². The summed E-state index contributed by atoms with van der Waals surface area (Å²) in [4.78, 5) is 21.8. The summed E-state index contributed by atoms with van der Waals surface area (Å²) in [5.74, 6) is 2.33. The van der Waals surface area contributed by atoms with E-state index in [2.05, 4.69) is 25.4 Å². The topological polar surface area (TPSA) is 74.2 Å². The largest absolute Gasteiger partial charge is 0.352 e. The molecule has 144 valence electrons. The van der Waals surface area contributed by atoms with Crippen molar-refractivity contribution < 1.29 is 4.79 Å². The van der Waals surface area contributed by atoms with Gasteiger partial charge in [0.25, 0.3) is 5.91 Å². The number of hydrogen-bond acceptors (Lipinski definition) is 7. The third-order valence-corrected chi connectivity index (χ3v) is 5.69. The number of rotatable bonds is 4. The lowest BCUT2D eigenvalue weighted by Gasteiger charge is -2.35. The first-order valence-electron chi connectivity index (χ1n) is 9.21. The molecule has 3 aromatic heterocycles. The number of carbonyl (C=O) groups is 1. The molecule has 1 amide bonds. The van der Waals surface area contributed by atoms with E-state index in [9.17, 15) is 4.79 Å². The highest BCUT2D eigenvalue weighted by Crippen LogP contribution is 2.20. The van der Waals surface area contributed by atoms with Gasteiger partial charge in [-0.25, -0.2) is 4.98 Å². The van der Waals surface area contributed by atoms with Crippen LogP contribution in [0.4, 0.5) is 17.5 Å². The smallest absolute Gasteiger partial charge is 0.264 e. The van der Waals surface area contributed by atoms with Gasteiger partial charge in [0.1, 0.15) is 5.82 Å². The Kier molecular flexibility index (Phi) is 5.21. The summed E-state index contributed by atoms with van der Waals surface area (Å²) >= 11 is 1.51. The molecule has 28 heavy (non-hydrogen) atoms. The van der Waals surface area contributed by atoms with E-state index in [1.807, 2.05) is 60.7 Å². The van der Waals surface area contributed by atoms with Gasteiger partial charge in [0.05, 0.1) is 4.88 Å². The second-order valence-corrected chi connectivity index (χ2v) is 7.80. The van der Waals surface area contributed by atoms with Crippen molar-refractivity contribution in [2.45, 2.75) is 13.8 Å². The molecule has 4 heterocycles. The molecule has 0 aromatic carbocycles. The van der Waals surface area contributed by atoms with E-state index in [0.29, 0.717) is 18.9 Å². The molecule has 7 nitrogen and oxygen atoms in total. The molecule has 0 atom stereocenters. The highest BCUT2D eigenvalue weighted by molar-refractivity contribution is 7.12. The fraction of sp³-hybridized carbons (Fsp3) is 0.300. The molecule has 0 bridgehead atoms.